The predicted molar refractivity (Wildman–Crippen MR) is 127 cm³/mol. The van der Waals surface area contributed by atoms with Crippen LogP contribution in [0.3, 0.4) is 0 Å². The second-order valence-corrected chi connectivity index (χ2v) is 10.8. The molecular formula is C23H25FN6O6S. The van der Waals surface area contributed by atoms with E-state index in [9.17, 15) is 22.4 Å². The molecule has 1 saturated heterocycles. The molecule has 0 bridgehead atoms. The number of aromatic nitrogens is 3. The number of amides is 2. The Labute approximate surface area is 211 Å². The molecule has 2 aliphatic rings. The topological polar surface area (TPSA) is 149 Å². The number of anilines is 1. The number of ether oxygens (including phenoxy) is 1. The van der Waals surface area contributed by atoms with Gasteiger partial charge in [-0.1, -0.05) is 0 Å². The second-order valence-electron chi connectivity index (χ2n) is 9.17. The number of hydrogen-bond donors (Lipinski definition) is 2. The van der Waals surface area contributed by atoms with Crippen LogP contribution in [-0.2, 0) is 17.1 Å². The highest BCUT2D eigenvalue weighted by Gasteiger charge is 2.40. The third-order valence-electron chi connectivity index (χ3n) is 6.50. The van der Waals surface area contributed by atoms with Gasteiger partial charge in [-0.2, -0.15) is 0 Å². The molecule has 0 aliphatic carbocycles. The molecular weight excluding hydrogens is 507 g/mol. The smallest absolute Gasteiger partial charge is 0.311 e. The lowest BCUT2D eigenvalue weighted by molar-refractivity contribution is 0.0543. The molecule has 0 unspecified atom stereocenters. The number of sulfonamides is 1. The first-order valence-electron chi connectivity index (χ1n) is 11.5. The van der Waals surface area contributed by atoms with Gasteiger partial charge in [-0.05, 0) is 37.1 Å². The molecule has 2 aromatic heterocycles. The minimum Gasteiger partial charge on any atom is -0.489 e. The summed E-state index contributed by atoms with van der Waals surface area (Å²) in [6.45, 7) is 3.67. The zero-order chi connectivity index (χ0) is 26.5. The number of halogens is 1. The summed E-state index contributed by atoms with van der Waals surface area (Å²) in [5, 5.41) is 10.1. The van der Waals surface area contributed by atoms with Gasteiger partial charge in [0.25, 0.3) is 5.91 Å². The molecule has 0 radical (unpaired) electrons. The molecule has 12 nitrogen and oxygen atoms in total. The van der Waals surface area contributed by atoms with Crippen LogP contribution in [0.5, 0.6) is 5.75 Å². The van der Waals surface area contributed by atoms with Crippen LogP contribution < -0.4 is 14.8 Å². The number of carbonyl (C=O) groups excluding carboxylic acids is 2. The van der Waals surface area contributed by atoms with E-state index >= 15 is 0 Å². The fourth-order valence-electron chi connectivity index (χ4n) is 4.59. The molecule has 0 spiro atoms. The quantitative estimate of drug-likeness (QED) is 0.517. The van der Waals surface area contributed by atoms with Gasteiger partial charge in [0.15, 0.2) is 11.4 Å². The zero-order valence-corrected chi connectivity index (χ0v) is 21.1. The normalized spacial score (nSPS) is 20.7. The number of aryl methyl sites for hydroxylation is 3. The third kappa shape index (κ3) is 4.69. The van der Waals surface area contributed by atoms with Crippen molar-refractivity contribution in [1.82, 2.24) is 24.4 Å². The maximum Gasteiger partial charge on any atom is 0.311 e. The summed E-state index contributed by atoms with van der Waals surface area (Å²) in [4.78, 5) is 27.3. The third-order valence-corrected chi connectivity index (χ3v) is 7.98. The van der Waals surface area contributed by atoms with Gasteiger partial charge in [-0.3, -0.25) is 9.59 Å². The fraction of sp³-hybridized carbons (Fsp3) is 0.391. The Kier molecular flexibility index (Phi) is 6.23. The van der Waals surface area contributed by atoms with E-state index in [1.807, 2.05) is 0 Å². The highest BCUT2D eigenvalue weighted by Crippen LogP contribution is 2.35. The lowest BCUT2D eigenvalue weighted by Gasteiger charge is -2.39. The molecule has 2 amide bonds. The number of rotatable bonds is 3. The maximum absolute atomic E-state index is 13.6. The lowest BCUT2D eigenvalue weighted by atomic mass is 9.93. The van der Waals surface area contributed by atoms with Gasteiger partial charge in [0.1, 0.15) is 10.7 Å². The number of nitrogens with one attached hydrogen (secondary N) is 2. The summed E-state index contributed by atoms with van der Waals surface area (Å²) in [6, 6.07) is 3.64. The number of carbonyl (C=O) groups is 2. The summed E-state index contributed by atoms with van der Waals surface area (Å²) in [7, 11) is -2.51. The van der Waals surface area contributed by atoms with E-state index in [0.717, 1.165) is 0 Å². The first-order valence-corrected chi connectivity index (χ1v) is 13.0. The molecule has 4 heterocycles. The van der Waals surface area contributed by atoms with Crippen molar-refractivity contribution < 1.29 is 31.6 Å². The van der Waals surface area contributed by atoms with E-state index in [1.165, 1.54) is 40.9 Å². The summed E-state index contributed by atoms with van der Waals surface area (Å²) in [6.07, 6.45) is 1.67. The largest absolute Gasteiger partial charge is 0.489 e. The van der Waals surface area contributed by atoms with Crippen molar-refractivity contribution in [3.63, 3.8) is 0 Å². The van der Waals surface area contributed by atoms with Gasteiger partial charge >= 0.3 is 11.8 Å². The van der Waals surface area contributed by atoms with Gasteiger partial charge in [0.05, 0.1) is 6.61 Å². The molecule has 1 aromatic carbocycles. The Balaban J connectivity index is 1.41. The van der Waals surface area contributed by atoms with Crippen LogP contribution in [0.25, 0.3) is 0 Å². The van der Waals surface area contributed by atoms with Crippen LogP contribution >= 0.6 is 0 Å². The molecule has 196 valence electrons. The maximum atomic E-state index is 13.6. The first kappa shape index (κ1) is 24.9. The van der Waals surface area contributed by atoms with Crippen LogP contribution in [0, 0.1) is 25.6 Å². The van der Waals surface area contributed by atoms with Gasteiger partial charge < -0.3 is 23.9 Å². The zero-order valence-electron chi connectivity index (χ0n) is 20.3. The minimum atomic E-state index is -4.05. The molecule has 37 heavy (non-hydrogen) atoms. The van der Waals surface area contributed by atoms with Crippen LogP contribution in [0.4, 0.5) is 10.1 Å². The average molecular weight is 533 g/mol. The second kappa shape index (κ2) is 9.27. The number of piperidine rings is 1. The summed E-state index contributed by atoms with van der Waals surface area (Å²) >= 11 is 0. The number of hydrogen-bond acceptors (Lipinski definition) is 8. The van der Waals surface area contributed by atoms with E-state index in [2.05, 4.69) is 20.2 Å². The van der Waals surface area contributed by atoms with E-state index in [1.54, 1.807) is 13.8 Å². The van der Waals surface area contributed by atoms with E-state index in [-0.39, 0.29) is 47.8 Å². The number of likely N-dealkylation sites (tertiary alicyclic amines) is 1. The fourth-order valence-corrected chi connectivity index (χ4v) is 6.13. The van der Waals surface area contributed by atoms with Crippen molar-refractivity contribution in [2.45, 2.75) is 31.2 Å². The minimum absolute atomic E-state index is 0.00844. The standard InChI is InChI=1S/C23H25FN6O6S/c1-12-8-15(4-5-16(12)24)25-21(31)19-20-18(10-29(19)3)37(33,34)28-17-6-7-30(9-14(17)11-35-20)23(32)22-27-26-13(2)36-22/h4-5,8,10,14,17,28H,6-7,9,11H2,1-3H3,(H,25,31)/t14-,17+/m0/s1. The van der Waals surface area contributed by atoms with Crippen molar-refractivity contribution in [2.75, 3.05) is 25.0 Å². The number of benzene rings is 1. The molecule has 1 fully saturated rings. The van der Waals surface area contributed by atoms with Crippen molar-refractivity contribution >= 4 is 27.5 Å². The van der Waals surface area contributed by atoms with E-state index in [4.69, 9.17) is 9.15 Å². The number of fused-ring (bicyclic) bond motifs is 2. The summed E-state index contributed by atoms with van der Waals surface area (Å²) < 4.78 is 55.5. The Bertz CT molecular complexity index is 1500. The predicted octanol–water partition coefficient (Wildman–Crippen LogP) is 1.62. The summed E-state index contributed by atoms with van der Waals surface area (Å²) in [5.41, 5.74) is 0.690. The van der Waals surface area contributed by atoms with Crippen LogP contribution in [-0.4, -0.2) is 65.6 Å². The molecule has 5 rings (SSSR count). The Morgan fingerprint density at radius 1 is 1.24 bits per heavy atom. The van der Waals surface area contributed by atoms with Gasteiger partial charge in [0, 0.05) is 50.9 Å². The molecule has 3 aromatic rings. The Morgan fingerprint density at radius 3 is 2.73 bits per heavy atom. The van der Waals surface area contributed by atoms with Gasteiger partial charge in [0.2, 0.25) is 15.9 Å². The molecule has 2 atom stereocenters. The lowest BCUT2D eigenvalue weighted by Crippen LogP contribution is -2.54. The van der Waals surface area contributed by atoms with Crippen LogP contribution in [0.2, 0.25) is 0 Å². The number of nitrogens with zero attached hydrogens (tertiary/aromatic N) is 4. The SMILES string of the molecule is Cc1nnc(C(=O)N2CC[C@H]3NS(=O)(=O)c4cn(C)c(C(=O)Nc5ccc(F)c(C)c5)c4OC[C@@H]3C2)o1. The van der Waals surface area contributed by atoms with E-state index in [0.29, 0.717) is 17.7 Å². The monoisotopic (exact) mass is 532 g/mol. The molecule has 14 heteroatoms. The summed E-state index contributed by atoms with van der Waals surface area (Å²) in [5.74, 6) is -1.84. The highest BCUT2D eigenvalue weighted by atomic mass is 32.2. The Hall–Kier alpha value is -3.78. The average Bonchev–Trinajstić information content (AvgIpc) is 3.42. The van der Waals surface area contributed by atoms with Crippen LogP contribution in [0.1, 0.15) is 39.0 Å². The van der Waals surface area contributed by atoms with Gasteiger partial charge in [-0.15, -0.1) is 10.2 Å². The van der Waals surface area contributed by atoms with Crippen molar-refractivity contribution in [1.29, 1.82) is 0 Å². The molecule has 0 saturated carbocycles. The van der Waals surface area contributed by atoms with Crippen molar-refractivity contribution in [2.24, 2.45) is 13.0 Å². The Morgan fingerprint density at radius 2 is 2.03 bits per heavy atom. The van der Waals surface area contributed by atoms with Crippen molar-refractivity contribution in [3.8, 4) is 5.75 Å². The van der Waals surface area contributed by atoms with E-state index < -0.39 is 39.6 Å². The molecule has 2 N–H and O–H groups in total. The van der Waals surface area contributed by atoms with Gasteiger partial charge in [-0.25, -0.2) is 17.5 Å². The van der Waals surface area contributed by atoms with Crippen molar-refractivity contribution in [3.05, 3.63) is 53.3 Å². The first-order chi connectivity index (χ1) is 17.5. The van der Waals surface area contributed by atoms with Crippen LogP contribution in [0.15, 0.2) is 33.7 Å². The molecule has 2 aliphatic heterocycles. The highest BCUT2D eigenvalue weighted by molar-refractivity contribution is 7.89.